The Labute approximate surface area is 104 Å². The molecule has 1 aliphatic rings. The number of carbonyl (C=O) groups is 2. The fourth-order valence-electron chi connectivity index (χ4n) is 2.19. The van der Waals surface area contributed by atoms with E-state index in [1.165, 1.54) is 12.8 Å². The smallest absolute Gasteiger partial charge is 0.223 e. The zero-order valence-corrected chi connectivity index (χ0v) is 11.0. The lowest BCUT2D eigenvalue weighted by atomic mass is 9.96. The normalized spacial score (nSPS) is 16.9. The van der Waals surface area contributed by atoms with E-state index < -0.39 is 0 Å². The maximum Gasteiger partial charge on any atom is 0.223 e. The molecule has 17 heavy (non-hydrogen) atoms. The van der Waals surface area contributed by atoms with Crippen molar-refractivity contribution in [2.45, 2.75) is 46.0 Å². The first-order valence-electron chi connectivity index (χ1n) is 6.68. The summed E-state index contributed by atoms with van der Waals surface area (Å²) >= 11 is 0. The molecule has 2 amide bonds. The van der Waals surface area contributed by atoms with Gasteiger partial charge in [-0.3, -0.25) is 9.59 Å². The van der Waals surface area contributed by atoms with Gasteiger partial charge in [0.25, 0.3) is 0 Å². The third kappa shape index (κ3) is 4.75. The van der Waals surface area contributed by atoms with Gasteiger partial charge in [-0.05, 0) is 19.3 Å². The molecule has 1 heterocycles. The van der Waals surface area contributed by atoms with Gasteiger partial charge in [-0.1, -0.05) is 19.8 Å². The second-order valence-electron chi connectivity index (χ2n) is 4.78. The number of unbranched alkanes of at least 4 members (excludes halogenated alkanes) is 2. The minimum Gasteiger partial charge on any atom is -0.356 e. The molecule has 4 heteroatoms. The summed E-state index contributed by atoms with van der Waals surface area (Å²) in [4.78, 5) is 24.8. The Morgan fingerprint density at radius 2 is 1.88 bits per heavy atom. The van der Waals surface area contributed by atoms with Gasteiger partial charge in [-0.15, -0.1) is 0 Å². The van der Waals surface area contributed by atoms with Crippen molar-refractivity contribution in [2.24, 2.45) is 5.92 Å². The van der Waals surface area contributed by atoms with E-state index in [0.29, 0.717) is 0 Å². The van der Waals surface area contributed by atoms with Crippen molar-refractivity contribution in [1.29, 1.82) is 0 Å². The molecule has 1 N–H and O–H groups in total. The minimum atomic E-state index is 0.104. The van der Waals surface area contributed by atoms with Crippen LogP contribution in [0, 0.1) is 5.92 Å². The topological polar surface area (TPSA) is 49.4 Å². The molecule has 0 spiro atoms. The van der Waals surface area contributed by atoms with Crippen molar-refractivity contribution in [1.82, 2.24) is 10.2 Å². The Morgan fingerprint density at radius 1 is 1.24 bits per heavy atom. The number of nitrogens with one attached hydrogen (secondary N) is 1. The zero-order valence-electron chi connectivity index (χ0n) is 11.0. The number of carbonyl (C=O) groups excluding carboxylic acids is 2. The van der Waals surface area contributed by atoms with Crippen LogP contribution in [0.15, 0.2) is 0 Å². The lowest BCUT2D eigenvalue weighted by Gasteiger charge is -2.30. The van der Waals surface area contributed by atoms with Crippen LogP contribution in [0.1, 0.15) is 46.0 Å². The summed E-state index contributed by atoms with van der Waals surface area (Å²) in [5.41, 5.74) is 0. The van der Waals surface area contributed by atoms with Crippen LogP contribution in [0.25, 0.3) is 0 Å². The van der Waals surface area contributed by atoms with Crippen LogP contribution >= 0.6 is 0 Å². The lowest BCUT2D eigenvalue weighted by molar-refractivity contribution is -0.133. The maximum absolute atomic E-state index is 11.8. The fraction of sp³-hybridized carbons (Fsp3) is 0.846. The lowest BCUT2D eigenvalue weighted by Crippen LogP contribution is -2.42. The zero-order chi connectivity index (χ0) is 12.7. The summed E-state index contributed by atoms with van der Waals surface area (Å²) in [5, 5.41) is 2.99. The SMILES string of the molecule is CCCCCNC(=O)C1CCN(C(C)=O)CC1. The molecule has 1 aliphatic heterocycles. The number of rotatable bonds is 5. The third-order valence-corrected chi connectivity index (χ3v) is 3.39. The molecule has 0 radical (unpaired) electrons. The standard InChI is InChI=1S/C13H24N2O2/c1-3-4-5-8-14-13(17)12-6-9-15(10-7-12)11(2)16/h12H,3-10H2,1-2H3,(H,14,17). The average molecular weight is 240 g/mol. The second kappa shape index (κ2) is 7.30. The molecule has 0 aliphatic carbocycles. The number of hydrogen-bond donors (Lipinski definition) is 1. The van der Waals surface area contributed by atoms with Gasteiger partial charge in [0, 0.05) is 32.5 Å². The Kier molecular flexibility index (Phi) is 6.01. The van der Waals surface area contributed by atoms with E-state index in [9.17, 15) is 9.59 Å². The summed E-state index contributed by atoms with van der Waals surface area (Å²) < 4.78 is 0. The van der Waals surface area contributed by atoms with Crippen LogP contribution < -0.4 is 5.32 Å². The van der Waals surface area contributed by atoms with Gasteiger partial charge in [0.15, 0.2) is 0 Å². The highest BCUT2D eigenvalue weighted by Gasteiger charge is 2.25. The molecule has 1 rings (SSSR count). The van der Waals surface area contributed by atoms with E-state index in [-0.39, 0.29) is 17.7 Å². The molecule has 0 unspecified atom stereocenters. The molecule has 0 aromatic heterocycles. The van der Waals surface area contributed by atoms with Crippen LogP contribution in [-0.2, 0) is 9.59 Å². The van der Waals surface area contributed by atoms with Crippen molar-refractivity contribution in [3.63, 3.8) is 0 Å². The number of nitrogens with zero attached hydrogens (tertiary/aromatic N) is 1. The van der Waals surface area contributed by atoms with Gasteiger partial charge in [0.1, 0.15) is 0 Å². The van der Waals surface area contributed by atoms with Crippen molar-refractivity contribution < 1.29 is 9.59 Å². The van der Waals surface area contributed by atoms with Gasteiger partial charge in [0.05, 0.1) is 0 Å². The summed E-state index contributed by atoms with van der Waals surface area (Å²) in [7, 11) is 0. The highest BCUT2D eigenvalue weighted by atomic mass is 16.2. The highest BCUT2D eigenvalue weighted by Crippen LogP contribution is 2.17. The third-order valence-electron chi connectivity index (χ3n) is 3.39. The molecular formula is C13H24N2O2. The predicted octanol–water partition coefficient (Wildman–Crippen LogP) is 1.55. The van der Waals surface area contributed by atoms with E-state index in [0.717, 1.165) is 38.9 Å². The van der Waals surface area contributed by atoms with Crippen molar-refractivity contribution in [2.75, 3.05) is 19.6 Å². The molecule has 1 saturated heterocycles. The Hall–Kier alpha value is -1.06. The number of amides is 2. The average Bonchev–Trinajstić information content (AvgIpc) is 2.34. The first-order chi connectivity index (χ1) is 8.15. The highest BCUT2D eigenvalue weighted by molar-refractivity contribution is 5.79. The van der Waals surface area contributed by atoms with Crippen LogP contribution in [0.2, 0.25) is 0 Å². The number of hydrogen-bond acceptors (Lipinski definition) is 2. The monoisotopic (exact) mass is 240 g/mol. The van der Waals surface area contributed by atoms with Crippen molar-refractivity contribution >= 4 is 11.8 Å². The first-order valence-corrected chi connectivity index (χ1v) is 6.68. The van der Waals surface area contributed by atoms with Crippen LogP contribution in [0.3, 0.4) is 0 Å². The summed E-state index contributed by atoms with van der Waals surface area (Å²) in [6.45, 7) is 5.98. The fourth-order valence-corrected chi connectivity index (χ4v) is 2.19. The molecule has 0 aromatic rings. The van der Waals surface area contributed by atoms with E-state index in [1.54, 1.807) is 6.92 Å². The first kappa shape index (κ1) is 14.0. The predicted molar refractivity (Wildman–Crippen MR) is 67.5 cm³/mol. The van der Waals surface area contributed by atoms with Crippen LogP contribution in [0.4, 0.5) is 0 Å². The molecule has 0 saturated carbocycles. The summed E-state index contributed by atoms with van der Waals surface area (Å²) in [6.07, 6.45) is 5.02. The van der Waals surface area contributed by atoms with Gasteiger partial charge in [-0.25, -0.2) is 0 Å². The Balaban J connectivity index is 2.19. The molecular weight excluding hydrogens is 216 g/mol. The van der Waals surface area contributed by atoms with E-state index in [2.05, 4.69) is 12.2 Å². The number of piperidine rings is 1. The number of likely N-dealkylation sites (tertiary alicyclic amines) is 1. The van der Waals surface area contributed by atoms with Gasteiger partial charge in [0.2, 0.25) is 11.8 Å². The Morgan fingerprint density at radius 3 is 2.41 bits per heavy atom. The van der Waals surface area contributed by atoms with E-state index >= 15 is 0 Å². The second-order valence-corrected chi connectivity index (χ2v) is 4.78. The molecule has 0 atom stereocenters. The van der Waals surface area contributed by atoms with Gasteiger partial charge in [-0.2, -0.15) is 0 Å². The quantitative estimate of drug-likeness (QED) is 0.741. The molecule has 1 fully saturated rings. The van der Waals surface area contributed by atoms with E-state index in [1.807, 2.05) is 4.90 Å². The van der Waals surface area contributed by atoms with Gasteiger partial charge >= 0.3 is 0 Å². The Bertz CT molecular complexity index is 258. The van der Waals surface area contributed by atoms with Crippen LogP contribution in [-0.4, -0.2) is 36.3 Å². The van der Waals surface area contributed by atoms with E-state index in [4.69, 9.17) is 0 Å². The summed E-state index contributed by atoms with van der Waals surface area (Å²) in [5.74, 6) is 0.392. The largest absolute Gasteiger partial charge is 0.356 e. The maximum atomic E-state index is 11.8. The van der Waals surface area contributed by atoms with Crippen molar-refractivity contribution in [3.8, 4) is 0 Å². The van der Waals surface area contributed by atoms with Crippen LogP contribution in [0.5, 0.6) is 0 Å². The summed E-state index contributed by atoms with van der Waals surface area (Å²) in [6, 6.07) is 0. The molecule has 0 bridgehead atoms. The molecule has 0 aromatic carbocycles. The molecule has 4 nitrogen and oxygen atoms in total. The van der Waals surface area contributed by atoms with Gasteiger partial charge < -0.3 is 10.2 Å². The minimum absolute atomic E-state index is 0.104. The molecule has 98 valence electrons. The van der Waals surface area contributed by atoms with Crippen molar-refractivity contribution in [3.05, 3.63) is 0 Å².